The lowest BCUT2D eigenvalue weighted by molar-refractivity contribution is 0.415. The van der Waals surface area contributed by atoms with E-state index in [0.717, 1.165) is 27.8 Å². The average molecular weight is 389 g/mol. The van der Waals surface area contributed by atoms with Crippen LogP contribution in [-0.4, -0.2) is 23.3 Å². The van der Waals surface area contributed by atoms with E-state index in [1.807, 2.05) is 60.7 Å². The number of ether oxygens (including phenoxy) is 1. The number of hydrogen-bond donors (Lipinski definition) is 1. The molecule has 0 aliphatic carbocycles. The van der Waals surface area contributed by atoms with E-state index in [-0.39, 0.29) is 0 Å². The summed E-state index contributed by atoms with van der Waals surface area (Å²) in [6, 6.07) is 21.2. The van der Waals surface area contributed by atoms with Crippen molar-refractivity contribution < 1.29 is 4.74 Å². The van der Waals surface area contributed by atoms with Gasteiger partial charge in [0.25, 0.3) is 0 Å². The van der Waals surface area contributed by atoms with Crippen LogP contribution in [0.1, 0.15) is 5.56 Å². The summed E-state index contributed by atoms with van der Waals surface area (Å²) in [5.74, 6) is 1.43. The molecule has 0 bridgehead atoms. The first-order valence-electron chi connectivity index (χ1n) is 8.68. The van der Waals surface area contributed by atoms with Gasteiger partial charge in [0.05, 0.1) is 13.3 Å². The van der Waals surface area contributed by atoms with Crippen LogP contribution in [0.15, 0.2) is 78.0 Å². The molecule has 1 N–H and O–H groups in total. The Labute approximate surface area is 167 Å². The molecule has 138 valence electrons. The molecule has 0 spiro atoms. The molecular weight excluding hydrogens is 372 g/mol. The molecule has 4 aromatic rings. The van der Waals surface area contributed by atoms with Crippen LogP contribution >= 0.6 is 11.6 Å². The quantitative estimate of drug-likeness (QED) is 0.367. The zero-order valence-corrected chi connectivity index (χ0v) is 15.9. The van der Waals surface area contributed by atoms with Crippen LogP contribution in [0.2, 0.25) is 5.02 Å². The topological polar surface area (TPSA) is 59.4 Å². The predicted molar refractivity (Wildman–Crippen MR) is 114 cm³/mol. The number of anilines is 1. The van der Waals surface area contributed by atoms with E-state index >= 15 is 0 Å². The van der Waals surface area contributed by atoms with Crippen LogP contribution in [-0.2, 0) is 0 Å². The molecule has 0 amide bonds. The highest BCUT2D eigenvalue weighted by atomic mass is 35.5. The summed E-state index contributed by atoms with van der Waals surface area (Å²) < 4.78 is 5.25. The van der Waals surface area contributed by atoms with Gasteiger partial charge in [-0.15, -0.1) is 0 Å². The average Bonchev–Trinajstić information content (AvgIpc) is 2.75. The number of halogens is 1. The lowest BCUT2D eigenvalue weighted by Crippen LogP contribution is -1.98. The molecule has 5 nitrogen and oxygen atoms in total. The zero-order chi connectivity index (χ0) is 19.3. The third-order valence-electron chi connectivity index (χ3n) is 4.24. The fourth-order valence-corrected chi connectivity index (χ4v) is 2.92. The molecule has 0 aliphatic heterocycles. The fraction of sp³-hybridized carbons (Fsp3) is 0.0455. The number of hydrogen-bond acceptors (Lipinski definition) is 5. The van der Waals surface area contributed by atoms with Crippen LogP contribution < -0.4 is 10.2 Å². The molecule has 6 heteroatoms. The van der Waals surface area contributed by atoms with Crippen LogP contribution in [0.5, 0.6) is 5.75 Å². The summed E-state index contributed by atoms with van der Waals surface area (Å²) in [6.07, 6.45) is 3.45. The minimum atomic E-state index is 0.626. The van der Waals surface area contributed by atoms with Gasteiger partial charge in [0, 0.05) is 22.2 Å². The number of nitrogens with zero attached hydrogens (tertiary/aromatic N) is 3. The molecule has 0 fully saturated rings. The van der Waals surface area contributed by atoms with E-state index in [4.69, 9.17) is 16.3 Å². The molecule has 2 aromatic heterocycles. The van der Waals surface area contributed by atoms with Gasteiger partial charge in [-0.05, 0) is 53.6 Å². The van der Waals surface area contributed by atoms with E-state index < -0.39 is 0 Å². The number of fused-ring (bicyclic) bond motifs is 1. The van der Waals surface area contributed by atoms with E-state index in [1.165, 1.54) is 0 Å². The number of hydrazone groups is 1. The van der Waals surface area contributed by atoms with Gasteiger partial charge in [-0.2, -0.15) is 5.10 Å². The summed E-state index contributed by atoms with van der Waals surface area (Å²) >= 11 is 5.92. The number of rotatable bonds is 5. The fourth-order valence-electron chi connectivity index (χ4n) is 2.80. The SMILES string of the molecule is COc1ccc(-c2cc3cccnc3nc2N/N=C/c2ccc(Cl)cc2)cc1. The van der Waals surface area contributed by atoms with Gasteiger partial charge in [-0.25, -0.2) is 9.97 Å². The Morgan fingerprint density at radius 2 is 1.82 bits per heavy atom. The van der Waals surface area contributed by atoms with E-state index in [2.05, 4.69) is 26.6 Å². The largest absolute Gasteiger partial charge is 0.497 e. The number of pyridine rings is 2. The van der Waals surface area contributed by atoms with Gasteiger partial charge in [0.2, 0.25) is 0 Å². The molecular formula is C22H17ClN4O. The maximum atomic E-state index is 5.92. The van der Waals surface area contributed by atoms with Crippen molar-refractivity contribution in [3.8, 4) is 16.9 Å². The number of benzene rings is 2. The van der Waals surface area contributed by atoms with Gasteiger partial charge in [0.1, 0.15) is 5.75 Å². The Morgan fingerprint density at radius 1 is 1.04 bits per heavy atom. The van der Waals surface area contributed by atoms with E-state index in [0.29, 0.717) is 16.5 Å². The van der Waals surface area contributed by atoms with Crippen molar-refractivity contribution in [1.82, 2.24) is 9.97 Å². The van der Waals surface area contributed by atoms with Crippen molar-refractivity contribution in [2.24, 2.45) is 5.10 Å². The number of nitrogens with one attached hydrogen (secondary N) is 1. The summed E-state index contributed by atoms with van der Waals surface area (Å²) in [5, 5.41) is 5.98. The molecule has 28 heavy (non-hydrogen) atoms. The van der Waals surface area contributed by atoms with Gasteiger partial charge >= 0.3 is 0 Å². The molecule has 2 heterocycles. The molecule has 0 radical (unpaired) electrons. The molecule has 0 unspecified atom stereocenters. The first-order valence-corrected chi connectivity index (χ1v) is 9.05. The van der Waals surface area contributed by atoms with Crippen molar-refractivity contribution in [2.45, 2.75) is 0 Å². The molecule has 0 atom stereocenters. The monoisotopic (exact) mass is 388 g/mol. The Balaban J connectivity index is 1.71. The molecule has 0 saturated carbocycles. The second-order valence-electron chi connectivity index (χ2n) is 6.08. The molecule has 2 aromatic carbocycles. The van der Waals surface area contributed by atoms with E-state index in [9.17, 15) is 0 Å². The third-order valence-corrected chi connectivity index (χ3v) is 4.50. The number of methoxy groups -OCH3 is 1. The van der Waals surface area contributed by atoms with Crippen molar-refractivity contribution in [3.63, 3.8) is 0 Å². The maximum Gasteiger partial charge on any atom is 0.161 e. The zero-order valence-electron chi connectivity index (χ0n) is 15.1. The smallest absolute Gasteiger partial charge is 0.161 e. The maximum absolute atomic E-state index is 5.92. The van der Waals surface area contributed by atoms with Crippen molar-refractivity contribution in [3.05, 3.63) is 83.5 Å². The highest BCUT2D eigenvalue weighted by molar-refractivity contribution is 6.30. The molecule has 4 rings (SSSR count). The van der Waals surface area contributed by atoms with Crippen molar-refractivity contribution in [2.75, 3.05) is 12.5 Å². The van der Waals surface area contributed by atoms with Gasteiger partial charge < -0.3 is 4.74 Å². The second kappa shape index (κ2) is 8.06. The van der Waals surface area contributed by atoms with Gasteiger partial charge in [-0.3, -0.25) is 5.43 Å². The van der Waals surface area contributed by atoms with Crippen LogP contribution in [0.25, 0.3) is 22.2 Å². The van der Waals surface area contributed by atoms with Crippen LogP contribution in [0.4, 0.5) is 5.82 Å². The minimum absolute atomic E-state index is 0.626. The molecule has 0 saturated heterocycles. The summed E-state index contributed by atoms with van der Waals surface area (Å²) in [6.45, 7) is 0. The highest BCUT2D eigenvalue weighted by Gasteiger charge is 2.10. The standard InChI is InChI=1S/C22H17ClN4O/c1-28-19-10-6-16(7-11-19)20-13-17-3-2-12-24-21(17)26-22(20)27-25-14-15-4-8-18(23)9-5-15/h2-14H,1H3,(H,24,26,27)/b25-14+. The summed E-state index contributed by atoms with van der Waals surface area (Å²) in [5.41, 5.74) is 6.57. The Bertz CT molecular complexity index is 1130. The Morgan fingerprint density at radius 3 is 2.57 bits per heavy atom. The lowest BCUT2D eigenvalue weighted by atomic mass is 10.0. The molecule has 0 aliphatic rings. The van der Waals surface area contributed by atoms with Crippen molar-refractivity contribution in [1.29, 1.82) is 0 Å². The minimum Gasteiger partial charge on any atom is -0.497 e. The Hall–Kier alpha value is -3.44. The van der Waals surface area contributed by atoms with E-state index in [1.54, 1.807) is 19.5 Å². The normalized spacial score (nSPS) is 11.1. The first kappa shape index (κ1) is 17.9. The van der Waals surface area contributed by atoms with Crippen LogP contribution in [0, 0.1) is 0 Å². The van der Waals surface area contributed by atoms with Gasteiger partial charge in [-0.1, -0.05) is 35.9 Å². The predicted octanol–water partition coefficient (Wildman–Crippen LogP) is 5.40. The third kappa shape index (κ3) is 3.94. The first-order chi connectivity index (χ1) is 13.7. The lowest BCUT2D eigenvalue weighted by Gasteiger charge is -2.10. The summed E-state index contributed by atoms with van der Waals surface area (Å²) in [4.78, 5) is 8.99. The highest BCUT2D eigenvalue weighted by Crippen LogP contribution is 2.30. The second-order valence-corrected chi connectivity index (χ2v) is 6.52. The Kier molecular flexibility index (Phi) is 5.17. The van der Waals surface area contributed by atoms with Crippen molar-refractivity contribution >= 4 is 34.7 Å². The summed E-state index contributed by atoms with van der Waals surface area (Å²) in [7, 11) is 1.65. The van der Waals surface area contributed by atoms with Gasteiger partial charge in [0.15, 0.2) is 11.5 Å². The van der Waals surface area contributed by atoms with Crippen LogP contribution in [0.3, 0.4) is 0 Å². The number of aromatic nitrogens is 2.